The van der Waals surface area contributed by atoms with E-state index < -0.39 is 5.76 Å². The van der Waals surface area contributed by atoms with Crippen molar-refractivity contribution in [3.8, 4) is 28.9 Å². The number of benzene rings is 3. The maximum absolute atomic E-state index is 12.3. The summed E-state index contributed by atoms with van der Waals surface area (Å²) >= 11 is 0. The van der Waals surface area contributed by atoms with Crippen molar-refractivity contribution in [2.75, 3.05) is 14.2 Å². The van der Waals surface area contributed by atoms with Crippen LogP contribution in [0, 0.1) is 0 Å². The third-order valence-corrected chi connectivity index (χ3v) is 5.53. The lowest BCUT2D eigenvalue weighted by molar-refractivity contribution is 0.388. The Balaban J connectivity index is 1.36. The third kappa shape index (κ3) is 5.43. The molecule has 34 heavy (non-hydrogen) atoms. The second-order valence-electron chi connectivity index (χ2n) is 7.78. The lowest BCUT2D eigenvalue weighted by atomic mass is 10.1. The number of para-hydroxylation sites is 1. The van der Waals surface area contributed by atoms with Crippen LogP contribution in [0.1, 0.15) is 23.3 Å². The zero-order chi connectivity index (χ0) is 23.9. The number of aromatic nitrogens is 1. The molecule has 0 amide bonds. The molecule has 1 heterocycles. The summed E-state index contributed by atoms with van der Waals surface area (Å²) < 4.78 is 23.0. The summed E-state index contributed by atoms with van der Waals surface area (Å²) in [4.78, 5) is 12.3. The molecule has 0 atom stereocenters. The van der Waals surface area contributed by atoms with Crippen molar-refractivity contribution in [2.24, 2.45) is 0 Å². The average molecular weight is 462 g/mol. The number of aryl methyl sites for hydroxylation is 1. The summed E-state index contributed by atoms with van der Waals surface area (Å²) in [6.07, 6.45) is 1.63. The molecule has 176 valence electrons. The van der Waals surface area contributed by atoms with Crippen molar-refractivity contribution in [1.82, 2.24) is 4.57 Å². The van der Waals surface area contributed by atoms with Gasteiger partial charge in [0.2, 0.25) is 5.88 Å². The molecule has 0 spiro atoms. The van der Waals surface area contributed by atoms with Gasteiger partial charge in [-0.1, -0.05) is 36.4 Å². The average Bonchev–Trinajstić information content (AvgIpc) is 3.13. The Morgan fingerprint density at radius 1 is 0.882 bits per heavy atom. The summed E-state index contributed by atoms with van der Waals surface area (Å²) in [5.74, 6) is 2.26. The summed E-state index contributed by atoms with van der Waals surface area (Å²) in [6, 6.07) is 22.8. The molecule has 1 N–H and O–H groups in total. The molecule has 0 aliphatic carbocycles. The summed E-state index contributed by atoms with van der Waals surface area (Å²) in [5.41, 5.74) is 1.89. The van der Waals surface area contributed by atoms with E-state index in [0.29, 0.717) is 24.5 Å². The van der Waals surface area contributed by atoms with E-state index in [1.807, 2.05) is 60.7 Å². The van der Waals surface area contributed by atoms with Crippen molar-refractivity contribution < 1.29 is 23.7 Å². The fourth-order valence-electron chi connectivity index (χ4n) is 3.72. The van der Waals surface area contributed by atoms with Crippen molar-refractivity contribution in [2.45, 2.75) is 25.8 Å². The van der Waals surface area contributed by atoms with E-state index in [4.69, 9.17) is 18.6 Å². The van der Waals surface area contributed by atoms with E-state index in [1.165, 1.54) is 4.57 Å². The smallest absolute Gasteiger partial charge is 0.422 e. The molecule has 7 nitrogen and oxygen atoms in total. The predicted octanol–water partition coefficient (Wildman–Crippen LogP) is 5.18. The fourth-order valence-corrected chi connectivity index (χ4v) is 3.72. The number of nitrogens with zero attached hydrogens (tertiary/aromatic N) is 1. The highest BCUT2D eigenvalue weighted by Crippen LogP contribution is 2.29. The number of rotatable bonds is 10. The molecule has 0 saturated carbocycles. The number of oxazole rings is 1. The molecule has 0 radical (unpaired) electrons. The standard InChI is InChI=1S/C27H27NO6/c1-31-23-15-12-20(24(18-23)32-2)17-25-26(29)28(27(30)34-25)16-6-7-19-10-13-22(14-11-19)33-21-8-4-3-5-9-21/h3-5,8-15,18,29H,6-7,16-17H2,1-2H3. The van der Waals surface area contributed by atoms with E-state index in [9.17, 15) is 9.90 Å². The third-order valence-electron chi connectivity index (χ3n) is 5.53. The van der Waals surface area contributed by atoms with Gasteiger partial charge in [-0.3, -0.25) is 0 Å². The van der Waals surface area contributed by atoms with E-state index in [1.54, 1.807) is 26.4 Å². The first-order valence-corrected chi connectivity index (χ1v) is 11.0. The van der Waals surface area contributed by atoms with Crippen LogP contribution < -0.4 is 20.0 Å². The zero-order valence-corrected chi connectivity index (χ0v) is 19.2. The SMILES string of the molecule is COc1ccc(Cc2oc(=O)n(CCCc3ccc(Oc4ccccc4)cc3)c2O)c(OC)c1. The van der Waals surface area contributed by atoms with Gasteiger partial charge in [0.25, 0.3) is 0 Å². The highest BCUT2D eigenvalue weighted by atomic mass is 16.5. The van der Waals surface area contributed by atoms with Crippen LogP contribution in [0.15, 0.2) is 82.0 Å². The van der Waals surface area contributed by atoms with Gasteiger partial charge in [0.1, 0.15) is 23.0 Å². The Morgan fingerprint density at radius 3 is 2.29 bits per heavy atom. The minimum absolute atomic E-state index is 0.158. The first kappa shape index (κ1) is 23.0. The van der Waals surface area contributed by atoms with Gasteiger partial charge in [-0.25, -0.2) is 9.36 Å². The molecule has 3 aromatic carbocycles. The van der Waals surface area contributed by atoms with Crippen molar-refractivity contribution in [3.05, 3.63) is 100 Å². The number of ether oxygens (including phenoxy) is 3. The van der Waals surface area contributed by atoms with Crippen LogP contribution in [0.2, 0.25) is 0 Å². The van der Waals surface area contributed by atoms with Gasteiger partial charge in [-0.2, -0.15) is 0 Å². The van der Waals surface area contributed by atoms with E-state index in [0.717, 1.165) is 29.0 Å². The number of hydrogen-bond donors (Lipinski definition) is 1. The molecule has 0 aliphatic heterocycles. The summed E-state index contributed by atoms with van der Waals surface area (Å²) in [6.45, 7) is 0.343. The molecule has 0 bridgehead atoms. The highest BCUT2D eigenvalue weighted by Gasteiger charge is 2.18. The second kappa shape index (κ2) is 10.7. The molecule has 1 aromatic heterocycles. The molecule has 0 saturated heterocycles. The number of hydrogen-bond acceptors (Lipinski definition) is 6. The van der Waals surface area contributed by atoms with Gasteiger partial charge in [0.15, 0.2) is 5.76 Å². The van der Waals surface area contributed by atoms with E-state index >= 15 is 0 Å². The second-order valence-corrected chi connectivity index (χ2v) is 7.78. The zero-order valence-electron chi connectivity index (χ0n) is 19.2. The fraction of sp³-hybridized carbons (Fsp3) is 0.222. The van der Waals surface area contributed by atoms with Gasteiger partial charge in [0, 0.05) is 24.6 Å². The van der Waals surface area contributed by atoms with Crippen molar-refractivity contribution >= 4 is 0 Å². The number of aromatic hydroxyl groups is 1. The van der Waals surface area contributed by atoms with Gasteiger partial charge < -0.3 is 23.7 Å². The van der Waals surface area contributed by atoms with E-state index in [-0.39, 0.29) is 18.1 Å². The van der Waals surface area contributed by atoms with Crippen LogP contribution in [-0.4, -0.2) is 23.9 Å². The molecule has 4 rings (SSSR count). The van der Waals surface area contributed by atoms with E-state index in [2.05, 4.69) is 0 Å². The highest BCUT2D eigenvalue weighted by molar-refractivity contribution is 5.43. The minimum Gasteiger partial charge on any atom is -0.497 e. The van der Waals surface area contributed by atoms with Gasteiger partial charge in [0.05, 0.1) is 14.2 Å². The molecule has 4 aromatic rings. The summed E-state index contributed by atoms with van der Waals surface area (Å²) in [5, 5.41) is 10.6. The Labute approximate surface area is 197 Å². The molecular formula is C27H27NO6. The molecule has 7 heteroatoms. The maximum atomic E-state index is 12.3. The van der Waals surface area contributed by atoms with Crippen LogP contribution in [0.5, 0.6) is 28.9 Å². The lowest BCUT2D eigenvalue weighted by Gasteiger charge is -2.09. The molecular weight excluding hydrogens is 434 g/mol. The van der Waals surface area contributed by atoms with Crippen molar-refractivity contribution in [1.29, 1.82) is 0 Å². The Kier molecular flexibility index (Phi) is 7.22. The predicted molar refractivity (Wildman–Crippen MR) is 128 cm³/mol. The Hall–Kier alpha value is -4.13. The van der Waals surface area contributed by atoms with Gasteiger partial charge in [-0.15, -0.1) is 0 Å². The normalized spacial score (nSPS) is 10.8. The summed E-state index contributed by atoms with van der Waals surface area (Å²) in [7, 11) is 3.13. The first-order chi connectivity index (χ1) is 16.6. The van der Waals surface area contributed by atoms with Crippen LogP contribution >= 0.6 is 0 Å². The van der Waals surface area contributed by atoms with Crippen molar-refractivity contribution in [3.63, 3.8) is 0 Å². The Morgan fingerprint density at radius 2 is 1.59 bits per heavy atom. The van der Waals surface area contributed by atoms with Crippen LogP contribution in [-0.2, 0) is 19.4 Å². The molecule has 0 aliphatic rings. The first-order valence-electron chi connectivity index (χ1n) is 11.0. The molecule has 0 fully saturated rings. The maximum Gasteiger partial charge on any atom is 0.422 e. The molecule has 0 unspecified atom stereocenters. The van der Waals surface area contributed by atoms with Crippen LogP contribution in [0.3, 0.4) is 0 Å². The Bertz CT molecular complexity index is 1270. The number of methoxy groups -OCH3 is 2. The topological polar surface area (TPSA) is 83.1 Å². The minimum atomic E-state index is -0.577. The van der Waals surface area contributed by atoms with Crippen LogP contribution in [0.25, 0.3) is 0 Å². The lowest BCUT2D eigenvalue weighted by Crippen LogP contribution is -2.14. The monoisotopic (exact) mass is 461 g/mol. The quantitative estimate of drug-likeness (QED) is 0.350. The van der Waals surface area contributed by atoms with Gasteiger partial charge in [-0.05, 0) is 48.7 Å². The largest absolute Gasteiger partial charge is 0.497 e. The van der Waals surface area contributed by atoms with Crippen LogP contribution in [0.4, 0.5) is 0 Å². The van der Waals surface area contributed by atoms with Gasteiger partial charge >= 0.3 is 5.76 Å².